The number of ether oxygens (including phenoxy) is 1. The molecule has 170 valence electrons. The molecular formula is C27H30N4O2. The lowest BCUT2D eigenvalue weighted by Gasteiger charge is -2.13. The number of unbranched alkanes of at least 4 members (excludes halogenated alkanes) is 1. The van der Waals surface area contributed by atoms with Gasteiger partial charge < -0.3 is 14.6 Å². The molecule has 0 bridgehead atoms. The maximum absolute atomic E-state index is 12.3. The maximum atomic E-state index is 12.3. The number of carbonyl (C=O) groups excluding carboxylic acids is 1. The summed E-state index contributed by atoms with van der Waals surface area (Å²) in [5.41, 5.74) is 4.88. The highest BCUT2D eigenvalue weighted by atomic mass is 16.5. The van der Waals surface area contributed by atoms with Crippen molar-refractivity contribution in [3.63, 3.8) is 0 Å². The van der Waals surface area contributed by atoms with Crippen molar-refractivity contribution in [2.75, 3.05) is 13.2 Å². The third-order valence-corrected chi connectivity index (χ3v) is 5.70. The Bertz CT molecular complexity index is 1200. The summed E-state index contributed by atoms with van der Waals surface area (Å²) in [7, 11) is 0. The second-order valence-electron chi connectivity index (χ2n) is 8.17. The molecular weight excluding hydrogens is 412 g/mol. The maximum Gasteiger partial charge on any atom is 0.269 e. The third-order valence-electron chi connectivity index (χ3n) is 5.70. The Balaban J connectivity index is 1.34. The number of fused-ring (bicyclic) bond motifs is 1. The first-order valence-electron chi connectivity index (χ1n) is 11.5. The van der Waals surface area contributed by atoms with Crippen LogP contribution in [-0.2, 0) is 13.0 Å². The molecule has 6 heteroatoms. The second-order valence-corrected chi connectivity index (χ2v) is 8.17. The van der Waals surface area contributed by atoms with Gasteiger partial charge >= 0.3 is 0 Å². The normalized spacial score (nSPS) is 11.0. The molecule has 0 spiro atoms. The number of para-hydroxylation sites is 3. The standard InChI is InChI=1S/C27H30N4O2/c1-20-10-9-11-21(2)26(20)33-19-8-7-18-31-24-14-4-3-12-22(24)30-25(31)15-17-29-27(32)23-13-5-6-16-28-23/h3-6,9-14,16H,7-8,15,17-19H2,1-2H3,(H,29,32). The quantitative estimate of drug-likeness (QED) is 0.356. The molecule has 33 heavy (non-hydrogen) atoms. The Hall–Kier alpha value is -3.67. The number of rotatable bonds is 10. The number of imidazole rings is 1. The molecule has 0 radical (unpaired) electrons. The number of amides is 1. The van der Waals surface area contributed by atoms with Crippen LogP contribution in [0.2, 0.25) is 0 Å². The number of benzene rings is 2. The van der Waals surface area contributed by atoms with E-state index < -0.39 is 0 Å². The van der Waals surface area contributed by atoms with Gasteiger partial charge in [0.2, 0.25) is 0 Å². The number of nitrogens with one attached hydrogen (secondary N) is 1. The molecule has 1 amide bonds. The van der Waals surface area contributed by atoms with Crippen LogP contribution in [0.4, 0.5) is 0 Å². The summed E-state index contributed by atoms with van der Waals surface area (Å²) in [5, 5.41) is 2.95. The molecule has 0 fully saturated rings. The summed E-state index contributed by atoms with van der Waals surface area (Å²) in [4.78, 5) is 21.2. The van der Waals surface area contributed by atoms with Gasteiger partial charge in [-0.05, 0) is 62.1 Å². The van der Waals surface area contributed by atoms with Crippen LogP contribution in [0.1, 0.15) is 40.3 Å². The molecule has 0 aliphatic carbocycles. The topological polar surface area (TPSA) is 69.0 Å². The monoisotopic (exact) mass is 442 g/mol. The molecule has 0 aliphatic rings. The Morgan fingerprint density at radius 2 is 1.76 bits per heavy atom. The summed E-state index contributed by atoms with van der Waals surface area (Å²) < 4.78 is 8.32. The van der Waals surface area contributed by atoms with Crippen molar-refractivity contribution in [1.29, 1.82) is 0 Å². The van der Waals surface area contributed by atoms with E-state index in [1.54, 1.807) is 18.3 Å². The summed E-state index contributed by atoms with van der Waals surface area (Å²) in [6.45, 7) is 6.22. The average Bonchev–Trinajstić information content (AvgIpc) is 3.18. The van der Waals surface area contributed by atoms with Gasteiger partial charge in [0, 0.05) is 25.7 Å². The van der Waals surface area contributed by atoms with Gasteiger partial charge in [-0.3, -0.25) is 9.78 Å². The minimum atomic E-state index is -0.165. The Labute approximate surface area is 194 Å². The predicted molar refractivity (Wildman–Crippen MR) is 131 cm³/mol. The first-order valence-corrected chi connectivity index (χ1v) is 11.5. The van der Waals surface area contributed by atoms with E-state index in [0.717, 1.165) is 42.0 Å². The minimum Gasteiger partial charge on any atom is -0.493 e. The van der Waals surface area contributed by atoms with Crippen molar-refractivity contribution in [3.05, 3.63) is 89.5 Å². The minimum absolute atomic E-state index is 0.165. The van der Waals surface area contributed by atoms with Crippen LogP contribution in [0.3, 0.4) is 0 Å². The van der Waals surface area contributed by atoms with E-state index in [0.29, 0.717) is 25.3 Å². The molecule has 1 N–H and O–H groups in total. The van der Waals surface area contributed by atoms with Gasteiger partial charge in [0.1, 0.15) is 17.3 Å². The molecule has 2 heterocycles. The first kappa shape index (κ1) is 22.5. The number of aromatic nitrogens is 3. The number of pyridine rings is 1. The number of aryl methyl sites for hydroxylation is 3. The number of nitrogens with zero attached hydrogens (tertiary/aromatic N) is 3. The Kier molecular flexibility index (Phi) is 7.35. The highest BCUT2D eigenvalue weighted by Crippen LogP contribution is 2.23. The predicted octanol–water partition coefficient (Wildman–Crippen LogP) is 4.88. The molecule has 4 rings (SSSR count). The van der Waals surface area contributed by atoms with Gasteiger partial charge in [-0.2, -0.15) is 0 Å². The summed E-state index contributed by atoms with van der Waals surface area (Å²) >= 11 is 0. The smallest absolute Gasteiger partial charge is 0.269 e. The summed E-state index contributed by atoms with van der Waals surface area (Å²) in [5.74, 6) is 1.81. The van der Waals surface area contributed by atoms with Crippen molar-refractivity contribution < 1.29 is 9.53 Å². The molecule has 0 aliphatic heterocycles. The zero-order valence-corrected chi connectivity index (χ0v) is 19.3. The van der Waals surface area contributed by atoms with Crippen molar-refractivity contribution >= 4 is 16.9 Å². The van der Waals surface area contributed by atoms with Crippen LogP contribution >= 0.6 is 0 Å². The van der Waals surface area contributed by atoms with Crippen molar-refractivity contribution in [1.82, 2.24) is 19.9 Å². The van der Waals surface area contributed by atoms with E-state index in [-0.39, 0.29) is 5.91 Å². The van der Waals surface area contributed by atoms with Crippen LogP contribution in [0.15, 0.2) is 66.9 Å². The molecule has 0 saturated heterocycles. The van der Waals surface area contributed by atoms with Crippen LogP contribution in [0.25, 0.3) is 11.0 Å². The molecule has 0 unspecified atom stereocenters. The third kappa shape index (κ3) is 5.58. The van der Waals surface area contributed by atoms with Crippen molar-refractivity contribution in [3.8, 4) is 5.75 Å². The van der Waals surface area contributed by atoms with E-state index in [1.807, 2.05) is 24.3 Å². The van der Waals surface area contributed by atoms with E-state index in [1.165, 1.54) is 11.1 Å². The highest BCUT2D eigenvalue weighted by Gasteiger charge is 2.12. The van der Waals surface area contributed by atoms with Gasteiger partial charge in [0.05, 0.1) is 17.6 Å². The SMILES string of the molecule is Cc1cccc(C)c1OCCCCn1c(CCNC(=O)c2ccccn2)nc2ccccc21. The lowest BCUT2D eigenvalue weighted by atomic mass is 10.1. The van der Waals surface area contributed by atoms with E-state index >= 15 is 0 Å². The largest absolute Gasteiger partial charge is 0.493 e. The van der Waals surface area contributed by atoms with Gasteiger partial charge in [0.25, 0.3) is 5.91 Å². The fraction of sp³-hybridized carbons (Fsp3) is 0.296. The van der Waals surface area contributed by atoms with Crippen molar-refractivity contribution in [2.24, 2.45) is 0 Å². The fourth-order valence-corrected chi connectivity index (χ4v) is 4.01. The first-order chi connectivity index (χ1) is 16.1. The van der Waals surface area contributed by atoms with Crippen LogP contribution in [0, 0.1) is 13.8 Å². The average molecular weight is 443 g/mol. The van der Waals surface area contributed by atoms with Crippen LogP contribution < -0.4 is 10.1 Å². The molecule has 0 saturated carbocycles. The van der Waals surface area contributed by atoms with E-state index in [2.05, 4.69) is 53.0 Å². The summed E-state index contributed by atoms with van der Waals surface area (Å²) in [6.07, 6.45) is 4.22. The molecule has 4 aromatic rings. The number of hydrogen-bond acceptors (Lipinski definition) is 4. The van der Waals surface area contributed by atoms with Gasteiger partial charge in [-0.25, -0.2) is 4.98 Å². The lowest BCUT2D eigenvalue weighted by Crippen LogP contribution is -2.27. The molecule has 6 nitrogen and oxygen atoms in total. The highest BCUT2D eigenvalue weighted by molar-refractivity contribution is 5.92. The van der Waals surface area contributed by atoms with Gasteiger partial charge in [-0.1, -0.05) is 36.4 Å². The number of hydrogen-bond donors (Lipinski definition) is 1. The Morgan fingerprint density at radius 3 is 2.55 bits per heavy atom. The lowest BCUT2D eigenvalue weighted by molar-refractivity contribution is 0.0949. The zero-order chi connectivity index (χ0) is 23.0. The van der Waals surface area contributed by atoms with Crippen LogP contribution in [0.5, 0.6) is 5.75 Å². The molecule has 2 aromatic heterocycles. The zero-order valence-electron chi connectivity index (χ0n) is 19.3. The van der Waals surface area contributed by atoms with Gasteiger partial charge in [-0.15, -0.1) is 0 Å². The fourth-order valence-electron chi connectivity index (χ4n) is 4.01. The van der Waals surface area contributed by atoms with Gasteiger partial charge in [0.15, 0.2) is 0 Å². The van der Waals surface area contributed by atoms with Crippen molar-refractivity contribution in [2.45, 2.75) is 39.7 Å². The summed E-state index contributed by atoms with van der Waals surface area (Å²) in [6, 6.07) is 19.7. The Morgan fingerprint density at radius 1 is 0.970 bits per heavy atom. The molecule has 2 aromatic carbocycles. The van der Waals surface area contributed by atoms with Crippen LogP contribution in [-0.4, -0.2) is 33.6 Å². The van der Waals surface area contributed by atoms with E-state index in [4.69, 9.17) is 9.72 Å². The second kappa shape index (κ2) is 10.8. The molecule has 0 atom stereocenters. The number of carbonyl (C=O) groups is 1. The van der Waals surface area contributed by atoms with E-state index in [9.17, 15) is 4.79 Å².